The maximum Gasteiger partial charge on any atom is 0.321 e. The Hall–Kier alpha value is -1.63. The van der Waals surface area contributed by atoms with Crippen molar-refractivity contribution in [3.8, 4) is 0 Å². The van der Waals surface area contributed by atoms with Crippen molar-refractivity contribution in [1.82, 2.24) is 15.5 Å². The van der Waals surface area contributed by atoms with Crippen LogP contribution in [-0.4, -0.2) is 54.6 Å². The molecule has 0 aromatic heterocycles. The number of carboxylic acid groups (broad SMARTS) is 1. The fourth-order valence-electron chi connectivity index (χ4n) is 1.27. The maximum atomic E-state index is 11.4. The van der Waals surface area contributed by atoms with E-state index >= 15 is 0 Å². The Bertz CT molecular complexity index is 294. The van der Waals surface area contributed by atoms with Crippen LogP contribution < -0.4 is 10.6 Å². The quantitative estimate of drug-likeness (QED) is 0.570. The fourth-order valence-corrected chi connectivity index (χ4v) is 1.27. The number of nitrogens with zero attached hydrogens (tertiary/aromatic N) is 1. The van der Waals surface area contributed by atoms with E-state index in [9.17, 15) is 14.4 Å². The molecule has 0 fully saturated rings. The third kappa shape index (κ3) is 9.59. The van der Waals surface area contributed by atoms with Crippen LogP contribution in [0.25, 0.3) is 0 Å². The van der Waals surface area contributed by atoms with E-state index in [1.54, 1.807) is 11.9 Å². The van der Waals surface area contributed by atoms with Crippen molar-refractivity contribution >= 4 is 17.9 Å². The summed E-state index contributed by atoms with van der Waals surface area (Å²) in [5.41, 5.74) is 0. The van der Waals surface area contributed by atoms with Crippen LogP contribution in [0.1, 0.15) is 26.2 Å². The number of urea groups is 1. The fraction of sp³-hybridized carbons (Fsp3) is 0.727. The zero-order chi connectivity index (χ0) is 14.0. The molecule has 3 N–H and O–H groups in total. The number of likely N-dealkylation sites (N-methyl/N-ethyl adjacent to an activating group) is 1. The molecule has 18 heavy (non-hydrogen) atoms. The van der Waals surface area contributed by atoms with Crippen molar-refractivity contribution in [2.45, 2.75) is 26.2 Å². The Labute approximate surface area is 107 Å². The molecule has 0 heterocycles. The van der Waals surface area contributed by atoms with Crippen LogP contribution >= 0.6 is 0 Å². The molecule has 0 aliphatic rings. The van der Waals surface area contributed by atoms with E-state index in [4.69, 9.17) is 5.11 Å². The molecule has 0 unspecified atom stereocenters. The third-order valence-corrected chi connectivity index (χ3v) is 2.13. The lowest BCUT2D eigenvalue weighted by Gasteiger charge is -2.15. The Morgan fingerprint density at radius 2 is 1.94 bits per heavy atom. The summed E-state index contributed by atoms with van der Waals surface area (Å²) in [5.74, 6) is -1.26. The van der Waals surface area contributed by atoms with E-state index in [1.165, 1.54) is 0 Å². The normalized spacial score (nSPS) is 10.2. The van der Waals surface area contributed by atoms with Gasteiger partial charge < -0.3 is 10.4 Å². The second-order valence-corrected chi connectivity index (χ2v) is 4.04. The first-order chi connectivity index (χ1) is 8.45. The van der Waals surface area contributed by atoms with Crippen LogP contribution in [0, 0.1) is 0 Å². The largest absolute Gasteiger partial charge is 0.481 e. The van der Waals surface area contributed by atoms with Crippen molar-refractivity contribution < 1.29 is 19.5 Å². The number of rotatable bonds is 8. The first-order valence-corrected chi connectivity index (χ1v) is 5.93. The van der Waals surface area contributed by atoms with Gasteiger partial charge in [-0.3, -0.25) is 19.8 Å². The highest BCUT2D eigenvalue weighted by atomic mass is 16.4. The van der Waals surface area contributed by atoms with Gasteiger partial charge in [-0.2, -0.15) is 0 Å². The molecule has 7 heteroatoms. The summed E-state index contributed by atoms with van der Waals surface area (Å²) in [6, 6.07) is -0.499. The summed E-state index contributed by atoms with van der Waals surface area (Å²) >= 11 is 0. The van der Waals surface area contributed by atoms with Crippen LogP contribution in [0.2, 0.25) is 0 Å². The van der Waals surface area contributed by atoms with E-state index in [0.29, 0.717) is 19.5 Å². The predicted octanol–water partition coefficient (Wildman–Crippen LogP) is 0.0188. The van der Waals surface area contributed by atoms with E-state index < -0.39 is 17.9 Å². The molecule has 0 saturated carbocycles. The Morgan fingerprint density at radius 3 is 2.50 bits per heavy atom. The Morgan fingerprint density at radius 1 is 1.28 bits per heavy atom. The number of carboxylic acids is 1. The minimum atomic E-state index is -0.855. The van der Waals surface area contributed by atoms with Crippen LogP contribution in [-0.2, 0) is 9.59 Å². The summed E-state index contributed by atoms with van der Waals surface area (Å²) in [5, 5.41) is 13.2. The average molecular weight is 259 g/mol. The minimum absolute atomic E-state index is 0.0686. The predicted molar refractivity (Wildman–Crippen MR) is 66.2 cm³/mol. The number of aliphatic carboxylic acids is 1. The molecule has 104 valence electrons. The van der Waals surface area contributed by atoms with Crippen LogP contribution in [0.15, 0.2) is 0 Å². The zero-order valence-corrected chi connectivity index (χ0v) is 10.9. The Balaban J connectivity index is 3.72. The summed E-state index contributed by atoms with van der Waals surface area (Å²) in [6.07, 6.45) is 1.35. The van der Waals surface area contributed by atoms with Gasteiger partial charge in [0.25, 0.3) is 0 Å². The number of hydrogen-bond acceptors (Lipinski definition) is 4. The highest BCUT2D eigenvalue weighted by molar-refractivity contribution is 5.95. The topological polar surface area (TPSA) is 98.7 Å². The molecule has 0 radical (unpaired) electrons. The highest BCUT2D eigenvalue weighted by Crippen LogP contribution is 1.92. The molecule has 0 spiro atoms. The molecule has 0 aliphatic carbocycles. The summed E-state index contributed by atoms with van der Waals surface area (Å²) in [6.45, 7) is 3.00. The van der Waals surface area contributed by atoms with Crippen molar-refractivity contribution in [2.75, 3.05) is 26.7 Å². The number of carbonyl (C=O) groups is 3. The van der Waals surface area contributed by atoms with Gasteiger partial charge in [0.05, 0.1) is 6.54 Å². The van der Waals surface area contributed by atoms with Gasteiger partial charge in [-0.15, -0.1) is 0 Å². The van der Waals surface area contributed by atoms with E-state index in [-0.39, 0.29) is 13.0 Å². The van der Waals surface area contributed by atoms with Gasteiger partial charge in [-0.25, -0.2) is 4.79 Å². The molecule has 0 aromatic carbocycles. The molecule has 7 nitrogen and oxygen atoms in total. The van der Waals surface area contributed by atoms with Crippen molar-refractivity contribution in [3.05, 3.63) is 0 Å². The third-order valence-electron chi connectivity index (χ3n) is 2.13. The number of carbonyl (C=O) groups excluding carboxylic acids is 2. The molecule has 0 rings (SSSR count). The lowest BCUT2D eigenvalue weighted by molar-refractivity contribution is -0.137. The van der Waals surface area contributed by atoms with Gasteiger partial charge in [0.2, 0.25) is 5.91 Å². The molecule has 3 amide bonds. The lowest BCUT2D eigenvalue weighted by atomic mass is 10.3. The summed E-state index contributed by atoms with van der Waals surface area (Å²) < 4.78 is 0. The van der Waals surface area contributed by atoms with Gasteiger partial charge in [-0.1, -0.05) is 6.92 Å². The van der Waals surface area contributed by atoms with Gasteiger partial charge in [0, 0.05) is 13.0 Å². The van der Waals surface area contributed by atoms with E-state index in [0.717, 1.165) is 6.42 Å². The molecular formula is C11H21N3O4. The molecule has 0 bridgehead atoms. The van der Waals surface area contributed by atoms with Gasteiger partial charge in [0.15, 0.2) is 0 Å². The number of hydrogen-bond donors (Lipinski definition) is 3. The monoisotopic (exact) mass is 259 g/mol. The van der Waals surface area contributed by atoms with E-state index in [2.05, 4.69) is 10.6 Å². The van der Waals surface area contributed by atoms with Crippen LogP contribution in [0.5, 0.6) is 0 Å². The number of amides is 3. The lowest BCUT2D eigenvalue weighted by Crippen LogP contribution is -2.44. The number of imide groups is 1. The second-order valence-electron chi connectivity index (χ2n) is 4.04. The maximum absolute atomic E-state index is 11.4. The van der Waals surface area contributed by atoms with Gasteiger partial charge in [-0.05, 0) is 26.4 Å². The zero-order valence-electron chi connectivity index (χ0n) is 10.9. The summed E-state index contributed by atoms with van der Waals surface area (Å²) in [7, 11) is 1.70. The van der Waals surface area contributed by atoms with Crippen LogP contribution in [0.4, 0.5) is 4.79 Å². The second kappa shape index (κ2) is 9.41. The molecule has 0 saturated heterocycles. The SMILES string of the molecule is CCCNC(=O)NC(=O)CN(C)CCCC(=O)O. The smallest absolute Gasteiger partial charge is 0.321 e. The highest BCUT2D eigenvalue weighted by Gasteiger charge is 2.10. The first-order valence-electron chi connectivity index (χ1n) is 5.93. The number of nitrogens with one attached hydrogen (secondary N) is 2. The molecule has 0 atom stereocenters. The van der Waals surface area contributed by atoms with Crippen molar-refractivity contribution in [2.24, 2.45) is 0 Å². The van der Waals surface area contributed by atoms with Crippen LogP contribution in [0.3, 0.4) is 0 Å². The molecular weight excluding hydrogens is 238 g/mol. The molecule has 0 aromatic rings. The van der Waals surface area contributed by atoms with E-state index in [1.807, 2.05) is 6.92 Å². The van der Waals surface area contributed by atoms with Crippen molar-refractivity contribution in [1.29, 1.82) is 0 Å². The Kier molecular flexibility index (Phi) is 8.55. The average Bonchev–Trinajstić information content (AvgIpc) is 2.25. The molecule has 0 aliphatic heterocycles. The van der Waals surface area contributed by atoms with Crippen molar-refractivity contribution in [3.63, 3.8) is 0 Å². The first kappa shape index (κ1) is 16.4. The summed E-state index contributed by atoms with van der Waals surface area (Å²) in [4.78, 5) is 34.5. The minimum Gasteiger partial charge on any atom is -0.481 e. The standard InChI is InChI=1S/C11H21N3O4/c1-3-6-12-11(18)13-9(15)8-14(2)7-4-5-10(16)17/h3-8H2,1-2H3,(H,16,17)(H2,12,13,15,18). The van der Waals surface area contributed by atoms with Gasteiger partial charge in [0.1, 0.15) is 0 Å². The van der Waals surface area contributed by atoms with Gasteiger partial charge >= 0.3 is 12.0 Å².